The zero-order valence-electron chi connectivity index (χ0n) is 6.37. The smallest absolute Gasteiger partial charge is 0.129 e. The third-order valence-corrected chi connectivity index (χ3v) is 1.49. The summed E-state index contributed by atoms with van der Waals surface area (Å²) in [6, 6.07) is 5.58. The number of aromatic nitrogens is 1. The largest absolute Gasteiger partial charge is 0.244 e. The molecule has 0 fully saturated rings. The lowest BCUT2D eigenvalue weighted by Gasteiger charge is -1.90. The Kier molecular flexibility index (Phi) is 3.31. The summed E-state index contributed by atoms with van der Waals surface area (Å²) < 4.78 is 0. The quantitative estimate of drug-likeness (QED) is 0.653. The van der Waals surface area contributed by atoms with Crippen LogP contribution in [0.25, 0.3) is 6.08 Å². The molecule has 0 saturated heterocycles. The maximum atomic E-state index is 8.25. The molecule has 1 aromatic heterocycles. The first-order chi connectivity index (χ1) is 5.83. The van der Waals surface area contributed by atoms with Gasteiger partial charge in [-0.25, -0.2) is 4.98 Å². The Bertz CT molecular complexity index is 308. The van der Waals surface area contributed by atoms with Gasteiger partial charge in [0.25, 0.3) is 0 Å². The highest BCUT2D eigenvalue weighted by molar-refractivity contribution is 6.29. The SMILES string of the molecule is N#CCC=Cc1ccc(Cl)nc1. The van der Waals surface area contributed by atoms with Gasteiger partial charge >= 0.3 is 0 Å². The summed E-state index contributed by atoms with van der Waals surface area (Å²) in [5, 5.41) is 8.73. The second-order valence-electron chi connectivity index (χ2n) is 2.18. The van der Waals surface area contributed by atoms with Gasteiger partial charge in [-0.1, -0.05) is 29.8 Å². The van der Waals surface area contributed by atoms with Crippen molar-refractivity contribution in [2.24, 2.45) is 0 Å². The van der Waals surface area contributed by atoms with Gasteiger partial charge in [0.2, 0.25) is 0 Å². The van der Waals surface area contributed by atoms with E-state index in [4.69, 9.17) is 16.9 Å². The van der Waals surface area contributed by atoms with Crippen LogP contribution in [-0.4, -0.2) is 4.98 Å². The highest BCUT2D eigenvalue weighted by atomic mass is 35.5. The van der Waals surface area contributed by atoms with Crippen molar-refractivity contribution < 1.29 is 0 Å². The summed E-state index contributed by atoms with van der Waals surface area (Å²) in [7, 11) is 0. The van der Waals surface area contributed by atoms with E-state index in [9.17, 15) is 0 Å². The van der Waals surface area contributed by atoms with Crippen molar-refractivity contribution >= 4 is 17.7 Å². The summed E-state index contributed by atoms with van der Waals surface area (Å²) in [6.45, 7) is 0. The molecule has 0 aliphatic carbocycles. The predicted octanol–water partition coefficient (Wildman–Crippen LogP) is 2.66. The maximum absolute atomic E-state index is 8.25. The Morgan fingerprint density at radius 2 is 2.42 bits per heavy atom. The molecular weight excluding hydrogens is 172 g/mol. The van der Waals surface area contributed by atoms with E-state index in [0.717, 1.165) is 5.56 Å². The summed E-state index contributed by atoms with van der Waals surface area (Å²) >= 11 is 5.59. The molecule has 0 bridgehead atoms. The minimum Gasteiger partial charge on any atom is -0.244 e. The van der Waals surface area contributed by atoms with Crippen molar-refractivity contribution in [3.8, 4) is 6.07 Å². The highest BCUT2D eigenvalue weighted by Gasteiger charge is 1.87. The van der Waals surface area contributed by atoms with E-state index in [1.807, 2.05) is 18.2 Å². The Morgan fingerprint density at radius 3 is 3.00 bits per heavy atom. The van der Waals surface area contributed by atoms with Crippen molar-refractivity contribution in [2.45, 2.75) is 6.42 Å². The fraction of sp³-hybridized carbons (Fsp3) is 0.111. The number of hydrogen-bond acceptors (Lipinski definition) is 2. The Morgan fingerprint density at radius 1 is 1.58 bits per heavy atom. The number of nitriles is 1. The molecule has 0 spiro atoms. The lowest BCUT2D eigenvalue weighted by molar-refractivity contribution is 1.31. The number of pyridine rings is 1. The van der Waals surface area contributed by atoms with Gasteiger partial charge < -0.3 is 0 Å². The third kappa shape index (κ3) is 2.73. The van der Waals surface area contributed by atoms with Crippen molar-refractivity contribution in [3.63, 3.8) is 0 Å². The highest BCUT2D eigenvalue weighted by Crippen LogP contribution is 2.06. The molecule has 60 valence electrons. The Labute approximate surface area is 76.1 Å². The number of hydrogen-bond donors (Lipinski definition) is 0. The first-order valence-electron chi connectivity index (χ1n) is 3.48. The topological polar surface area (TPSA) is 36.7 Å². The van der Waals surface area contributed by atoms with Crippen LogP contribution in [0.4, 0.5) is 0 Å². The van der Waals surface area contributed by atoms with Crippen molar-refractivity contribution in [3.05, 3.63) is 35.1 Å². The van der Waals surface area contributed by atoms with Crippen LogP contribution in [0.15, 0.2) is 24.4 Å². The standard InChI is InChI=1S/C9H7ClN2/c10-9-5-4-8(7-12-9)3-1-2-6-11/h1,3-5,7H,2H2. The monoisotopic (exact) mass is 178 g/mol. The van der Waals surface area contributed by atoms with Crippen LogP contribution < -0.4 is 0 Å². The molecule has 0 N–H and O–H groups in total. The van der Waals surface area contributed by atoms with E-state index in [-0.39, 0.29) is 0 Å². The van der Waals surface area contributed by atoms with E-state index < -0.39 is 0 Å². The number of rotatable bonds is 2. The van der Waals surface area contributed by atoms with Crippen LogP contribution in [0.3, 0.4) is 0 Å². The average Bonchev–Trinajstić information content (AvgIpc) is 2.09. The fourth-order valence-corrected chi connectivity index (χ4v) is 0.845. The lowest BCUT2D eigenvalue weighted by atomic mass is 10.2. The molecule has 3 heteroatoms. The van der Waals surface area contributed by atoms with E-state index >= 15 is 0 Å². The molecule has 1 heterocycles. The van der Waals surface area contributed by atoms with Crippen LogP contribution in [0, 0.1) is 11.3 Å². The predicted molar refractivity (Wildman–Crippen MR) is 48.5 cm³/mol. The van der Waals surface area contributed by atoms with Gasteiger partial charge in [0, 0.05) is 6.20 Å². The molecule has 12 heavy (non-hydrogen) atoms. The number of allylic oxidation sites excluding steroid dienone is 1. The summed E-state index contributed by atoms with van der Waals surface area (Å²) in [6.07, 6.45) is 5.70. The Balaban J connectivity index is 2.66. The molecular formula is C9H7ClN2. The van der Waals surface area contributed by atoms with E-state index in [0.29, 0.717) is 11.6 Å². The van der Waals surface area contributed by atoms with Gasteiger partial charge in [0.1, 0.15) is 5.15 Å². The molecule has 0 aliphatic heterocycles. The first-order valence-corrected chi connectivity index (χ1v) is 3.86. The molecule has 0 aliphatic rings. The zero-order valence-corrected chi connectivity index (χ0v) is 7.12. The second kappa shape index (κ2) is 4.53. The van der Waals surface area contributed by atoms with E-state index in [1.54, 1.807) is 18.3 Å². The van der Waals surface area contributed by atoms with Gasteiger partial charge in [-0.15, -0.1) is 0 Å². The fourth-order valence-electron chi connectivity index (χ4n) is 0.734. The van der Waals surface area contributed by atoms with E-state index in [2.05, 4.69) is 4.98 Å². The third-order valence-electron chi connectivity index (χ3n) is 1.27. The van der Waals surface area contributed by atoms with Crippen LogP contribution in [-0.2, 0) is 0 Å². The summed E-state index contributed by atoms with van der Waals surface area (Å²) in [4.78, 5) is 3.89. The van der Waals surface area contributed by atoms with Gasteiger partial charge in [-0.3, -0.25) is 0 Å². The molecule has 1 aromatic rings. The number of halogens is 1. The van der Waals surface area contributed by atoms with Crippen LogP contribution in [0.1, 0.15) is 12.0 Å². The Hall–Kier alpha value is -1.33. The molecule has 1 rings (SSSR count). The van der Waals surface area contributed by atoms with Crippen LogP contribution in [0.2, 0.25) is 5.15 Å². The minimum absolute atomic E-state index is 0.419. The van der Waals surface area contributed by atoms with Gasteiger partial charge in [0.05, 0.1) is 12.5 Å². The van der Waals surface area contributed by atoms with Crippen molar-refractivity contribution in [1.82, 2.24) is 4.98 Å². The van der Waals surface area contributed by atoms with Crippen molar-refractivity contribution in [2.75, 3.05) is 0 Å². The average molecular weight is 179 g/mol. The molecule has 2 nitrogen and oxygen atoms in total. The summed E-state index contributed by atoms with van der Waals surface area (Å²) in [5.74, 6) is 0. The molecule has 0 amide bonds. The molecule has 0 saturated carbocycles. The second-order valence-corrected chi connectivity index (χ2v) is 2.57. The molecule has 0 aromatic carbocycles. The van der Waals surface area contributed by atoms with Crippen LogP contribution in [0.5, 0.6) is 0 Å². The minimum atomic E-state index is 0.419. The molecule has 0 radical (unpaired) electrons. The first kappa shape index (κ1) is 8.76. The molecule has 0 atom stereocenters. The van der Waals surface area contributed by atoms with Gasteiger partial charge in [-0.05, 0) is 11.6 Å². The molecule has 0 unspecified atom stereocenters. The van der Waals surface area contributed by atoms with Gasteiger partial charge in [-0.2, -0.15) is 5.26 Å². The summed E-state index contributed by atoms with van der Waals surface area (Å²) in [5.41, 5.74) is 0.953. The van der Waals surface area contributed by atoms with Gasteiger partial charge in [0.15, 0.2) is 0 Å². The number of nitrogens with zero attached hydrogens (tertiary/aromatic N) is 2. The van der Waals surface area contributed by atoms with Crippen LogP contribution >= 0.6 is 11.6 Å². The normalized spacial score (nSPS) is 10.0. The van der Waals surface area contributed by atoms with E-state index in [1.165, 1.54) is 0 Å². The zero-order chi connectivity index (χ0) is 8.81. The van der Waals surface area contributed by atoms with Crippen molar-refractivity contribution in [1.29, 1.82) is 5.26 Å². The maximum Gasteiger partial charge on any atom is 0.129 e. The lowest BCUT2D eigenvalue weighted by Crippen LogP contribution is -1.75.